The molecule has 1 fully saturated rings. The average molecular weight is 594 g/mol. The molecule has 2 aromatic rings. The molecule has 43 heavy (non-hydrogen) atoms. The number of fused-ring (bicyclic) bond motifs is 1. The number of halogens is 2. The van der Waals surface area contributed by atoms with Gasteiger partial charge in [-0.25, -0.2) is 8.78 Å². The maximum atomic E-state index is 15.4. The monoisotopic (exact) mass is 593 g/mol. The van der Waals surface area contributed by atoms with Crippen molar-refractivity contribution in [3.8, 4) is 0 Å². The van der Waals surface area contributed by atoms with Gasteiger partial charge < -0.3 is 25.3 Å². The van der Waals surface area contributed by atoms with Gasteiger partial charge in [0.25, 0.3) is 5.91 Å². The van der Waals surface area contributed by atoms with E-state index < -0.39 is 5.83 Å². The number of nitrogens with zero attached hydrogens (tertiary/aromatic N) is 2. The molecule has 4 rings (SSSR count). The molecule has 3 N–H and O–H groups in total. The maximum Gasteiger partial charge on any atom is 0.256 e. The SMILES string of the molecule is CN/C=C/C(NCc1ccc(F)cc1)=C(F)\C=C(C)\C(C=O)=C\c1[nH]c2c(c1C)C(=O)N(CCN1CCOCC1)CCC2. The molecular weight excluding hydrogens is 552 g/mol. The van der Waals surface area contributed by atoms with Gasteiger partial charge >= 0.3 is 0 Å². The quantitative estimate of drug-likeness (QED) is 0.192. The van der Waals surface area contributed by atoms with E-state index in [0.717, 1.165) is 62.5 Å². The Morgan fingerprint density at radius 1 is 1.14 bits per heavy atom. The third-order valence-electron chi connectivity index (χ3n) is 7.81. The minimum atomic E-state index is -0.566. The number of hydrogen-bond donors (Lipinski definition) is 3. The molecule has 1 aromatic carbocycles. The van der Waals surface area contributed by atoms with Crippen LogP contribution in [0.25, 0.3) is 6.08 Å². The summed E-state index contributed by atoms with van der Waals surface area (Å²) in [6.07, 6.45) is 8.38. The van der Waals surface area contributed by atoms with Crippen LogP contribution in [0.4, 0.5) is 8.78 Å². The number of morpholine rings is 1. The van der Waals surface area contributed by atoms with Crippen molar-refractivity contribution in [2.75, 3.05) is 53.0 Å². The Kier molecular flexibility index (Phi) is 11.5. The standard InChI is InChI=1S/C33H41F2N5O3/c1-23(19-28(35)29(10-11-36-3)37-21-25-6-8-27(34)9-7-25)26(22-41)20-31-24(2)32-30(38-31)5-4-12-40(33(32)42)14-13-39-15-17-43-18-16-39/h6-11,19-20,22,36-38H,4-5,12-18,21H2,1-3H3/b11-10+,23-19+,26-20+,29-28-. The Hall–Kier alpha value is -4.02. The first-order valence-electron chi connectivity index (χ1n) is 14.7. The normalized spacial score (nSPS) is 17.5. The van der Waals surface area contributed by atoms with E-state index in [1.165, 1.54) is 18.2 Å². The van der Waals surface area contributed by atoms with Crippen molar-refractivity contribution in [2.24, 2.45) is 0 Å². The zero-order valence-corrected chi connectivity index (χ0v) is 25.1. The highest BCUT2D eigenvalue weighted by atomic mass is 19.1. The number of ether oxygens (including phenoxy) is 1. The lowest BCUT2D eigenvalue weighted by Gasteiger charge is -2.29. The van der Waals surface area contributed by atoms with Crippen LogP contribution >= 0.6 is 0 Å². The molecular formula is C33H41F2N5O3. The number of hydrogen-bond acceptors (Lipinski definition) is 6. The number of carbonyl (C=O) groups is 2. The number of benzene rings is 1. The highest BCUT2D eigenvalue weighted by molar-refractivity contribution is 5.99. The summed E-state index contributed by atoms with van der Waals surface area (Å²) in [5.41, 5.74) is 4.68. The van der Waals surface area contributed by atoms with Gasteiger partial charge in [-0.1, -0.05) is 12.1 Å². The fourth-order valence-corrected chi connectivity index (χ4v) is 5.24. The molecule has 0 atom stereocenters. The predicted octanol–water partition coefficient (Wildman–Crippen LogP) is 4.42. The third-order valence-corrected chi connectivity index (χ3v) is 7.81. The molecule has 1 saturated heterocycles. The molecule has 8 nitrogen and oxygen atoms in total. The van der Waals surface area contributed by atoms with Crippen LogP contribution < -0.4 is 10.6 Å². The van der Waals surface area contributed by atoms with E-state index in [0.29, 0.717) is 41.8 Å². The van der Waals surface area contributed by atoms with Crippen molar-refractivity contribution in [2.45, 2.75) is 33.2 Å². The van der Waals surface area contributed by atoms with Gasteiger partial charge in [-0.3, -0.25) is 14.5 Å². The summed E-state index contributed by atoms with van der Waals surface area (Å²) in [6, 6.07) is 5.96. The first-order valence-corrected chi connectivity index (χ1v) is 14.7. The Morgan fingerprint density at radius 2 is 1.88 bits per heavy atom. The predicted molar refractivity (Wildman–Crippen MR) is 164 cm³/mol. The second-order valence-corrected chi connectivity index (χ2v) is 10.8. The summed E-state index contributed by atoms with van der Waals surface area (Å²) in [6.45, 7) is 9.18. The third kappa shape index (κ3) is 8.52. The lowest BCUT2D eigenvalue weighted by Crippen LogP contribution is -2.43. The Morgan fingerprint density at radius 3 is 2.58 bits per heavy atom. The number of aryl methyl sites for hydroxylation is 1. The number of aromatic nitrogens is 1. The van der Waals surface area contributed by atoms with Crippen LogP contribution in [0.1, 0.15) is 46.2 Å². The van der Waals surface area contributed by atoms with Gasteiger partial charge in [0.05, 0.1) is 24.5 Å². The minimum absolute atomic E-state index is 0.00348. The Labute approximate surface area is 252 Å². The van der Waals surface area contributed by atoms with Crippen molar-refractivity contribution >= 4 is 18.3 Å². The van der Waals surface area contributed by atoms with Crippen LogP contribution in [-0.2, 0) is 22.5 Å². The van der Waals surface area contributed by atoms with E-state index in [-0.39, 0.29) is 24.0 Å². The number of rotatable bonds is 12. The molecule has 0 radical (unpaired) electrons. The van der Waals surface area contributed by atoms with Crippen LogP contribution in [-0.4, -0.2) is 80.0 Å². The van der Waals surface area contributed by atoms with Gasteiger partial charge in [-0.15, -0.1) is 0 Å². The molecule has 0 unspecified atom stereocenters. The second kappa shape index (κ2) is 15.5. The molecule has 0 spiro atoms. The van der Waals surface area contributed by atoms with Crippen molar-refractivity contribution in [1.82, 2.24) is 25.4 Å². The smallest absolute Gasteiger partial charge is 0.256 e. The number of amides is 1. The van der Waals surface area contributed by atoms with Crippen LogP contribution in [0.2, 0.25) is 0 Å². The van der Waals surface area contributed by atoms with Gasteiger partial charge in [-0.05, 0) is 79.9 Å². The lowest BCUT2D eigenvalue weighted by molar-refractivity contribution is -0.104. The molecule has 3 heterocycles. The fourth-order valence-electron chi connectivity index (χ4n) is 5.24. The molecule has 2 aliphatic rings. The minimum Gasteiger partial charge on any atom is -0.394 e. The number of aromatic amines is 1. The van der Waals surface area contributed by atoms with E-state index in [9.17, 15) is 14.0 Å². The fraction of sp³-hybridized carbons (Fsp3) is 0.394. The van der Waals surface area contributed by atoms with Crippen LogP contribution in [0, 0.1) is 12.7 Å². The summed E-state index contributed by atoms with van der Waals surface area (Å²) in [5, 5.41) is 5.88. The topological polar surface area (TPSA) is 89.7 Å². The lowest BCUT2D eigenvalue weighted by atomic mass is 10.0. The summed E-state index contributed by atoms with van der Waals surface area (Å²) >= 11 is 0. The van der Waals surface area contributed by atoms with Crippen LogP contribution in [0.3, 0.4) is 0 Å². The van der Waals surface area contributed by atoms with E-state index in [1.54, 1.807) is 44.5 Å². The van der Waals surface area contributed by atoms with E-state index in [4.69, 9.17) is 4.74 Å². The zero-order valence-electron chi connectivity index (χ0n) is 25.1. The second-order valence-electron chi connectivity index (χ2n) is 10.8. The van der Waals surface area contributed by atoms with E-state index in [1.807, 2.05) is 11.8 Å². The van der Waals surface area contributed by atoms with Gasteiger partial charge in [0.1, 0.15) is 17.9 Å². The summed E-state index contributed by atoms with van der Waals surface area (Å²) < 4.78 is 34.1. The molecule has 10 heteroatoms. The zero-order chi connectivity index (χ0) is 30.8. The van der Waals surface area contributed by atoms with Crippen molar-refractivity contribution in [1.29, 1.82) is 0 Å². The first kappa shape index (κ1) is 31.9. The van der Waals surface area contributed by atoms with E-state index in [2.05, 4.69) is 20.5 Å². The molecule has 0 bridgehead atoms. The molecule has 0 saturated carbocycles. The Bertz CT molecular complexity index is 1400. The van der Waals surface area contributed by atoms with E-state index >= 15 is 4.39 Å². The number of aldehydes is 1. The number of carbonyl (C=O) groups excluding carboxylic acids is 2. The first-order chi connectivity index (χ1) is 20.8. The number of allylic oxidation sites excluding steroid dienone is 5. The van der Waals surface area contributed by atoms with Crippen LogP contribution in [0.5, 0.6) is 0 Å². The summed E-state index contributed by atoms with van der Waals surface area (Å²) in [7, 11) is 1.70. The van der Waals surface area contributed by atoms with Crippen molar-refractivity contribution in [3.05, 3.63) is 99.2 Å². The number of nitrogens with one attached hydrogen (secondary N) is 3. The highest BCUT2D eigenvalue weighted by Gasteiger charge is 2.27. The Balaban J connectivity index is 1.54. The molecule has 230 valence electrons. The highest BCUT2D eigenvalue weighted by Crippen LogP contribution is 2.27. The van der Waals surface area contributed by atoms with Crippen LogP contribution in [0.15, 0.2) is 65.3 Å². The molecule has 0 aliphatic carbocycles. The largest absolute Gasteiger partial charge is 0.394 e. The maximum absolute atomic E-state index is 15.4. The van der Waals surface area contributed by atoms with Crippen molar-refractivity contribution in [3.63, 3.8) is 0 Å². The van der Waals surface area contributed by atoms with Gasteiger partial charge in [0.15, 0.2) is 0 Å². The molecule has 2 aliphatic heterocycles. The van der Waals surface area contributed by atoms with Gasteiger partial charge in [0.2, 0.25) is 0 Å². The van der Waals surface area contributed by atoms with Crippen molar-refractivity contribution < 1.29 is 23.1 Å². The van der Waals surface area contributed by atoms with Gasteiger partial charge in [-0.2, -0.15) is 0 Å². The summed E-state index contributed by atoms with van der Waals surface area (Å²) in [5.74, 6) is -0.910. The summed E-state index contributed by atoms with van der Waals surface area (Å²) in [4.78, 5) is 33.3. The molecule has 1 amide bonds. The number of H-pyrrole nitrogens is 1. The molecule has 1 aromatic heterocycles. The van der Waals surface area contributed by atoms with Gasteiger partial charge in [0, 0.05) is 63.3 Å². The average Bonchev–Trinajstić information content (AvgIpc) is 3.23.